The summed E-state index contributed by atoms with van der Waals surface area (Å²) in [4.78, 5) is 5.08. The average Bonchev–Trinajstić information content (AvgIpc) is 2.53. The number of unbranched alkanes of at least 4 members (excludes halogenated alkanes) is 6. The van der Waals surface area contributed by atoms with E-state index >= 15 is 0 Å². The van der Waals surface area contributed by atoms with Gasteiger partial charge in [0, 0.05) is 0 Å². The van der Waals surface area contributed by atoms with Crippen LogP contribution in [-0.2, 0) is 20.9 Å². The second-order valence-corrected chi connectivity index (χ2v) is 7.55. The van der Waals surface area contributed by atoms with Crippen molar-refractivity contribution in [2.75, 3.05) is 5.75 Å². The summed E-state index contributed by atoms with van der Waals surface area (Å²) in [6.07, 6.45) is 10.1. The normalized spacial score (nSPS) is 11.1. The Balaban J connectivity index is 0.00000529. The molecule has 0 amide bonds. The van der Waals surface area contributed by atoms with Gasteiger partial charge in [-0.3, -0.25) is 0 Å². The van der Waals surface area contributed by atoms with Crippen LogP contribution in [0.4, 0.5) is 0 Å². The van der Waals surface area contributed by atoms with Gasteiger partial charge in [-0.15, -0.1) is 0 Å². The summed E-state index contributed by atoms with van der Waals surface area (Å²) in [7, 11) is -3.61. The van der Waals surface area contributed by atoms with E-state index in [1.807, 2.05) is 18.2 Å². The van der Waals surface area contributed by atoms with E-state index in [1.165, 1.54) is 38.5 Å². The SMILES string of the molecule is CCCCCCCCCc1ccccc1OOS(=O)(=O)CCC.[NaH]. The first kappa shape index (κ1) is 23.9. The van der Waals surface area contributed by atoms with Gasteiger partial charge < -0.3 is 4.89 Å². The Bertz CT molecular complexity index is 532. The van der Waals surface area contributed by atoms with Gasteiger partial charge in [-0.2, -0.15) is 8.42 Å². The molecule has 6 heteroatoms. The predicted octanol–water partition coefficient (Wildman–Crippen LogP) is 4.38. The molecule has 0 aromatic heterocycles. The van der Waals surface area contributed by atoms with Crippen molar-refractivity contribution in [1.82, 2.24) is 0 Å². The van der Waals surface area contributed by atoms with Crippen LogP contribution in [0.25, 0.3) is 0 Å². The zero-order valence-electron chi connectivity index (χ0n) is 14.4. The number of hydrogen-bond donors (Lipinski definition) is 0. The van der Waals surface area contributed by atoms with Crippen LogP contribution in [0.2, 0.25) is 0 Å². The molecule has 0 radical (unpaired) electrons. The summed E-state index contributed by atoms with van der Waals surface area (Å²) in [6, 6.07) is 7.46. The molecular weight excluding hydrogens is 335 g/mol. The topological polar surface area (TPSA) is 52.6 Å². The van der Waals surface area contributed by atoms with Crippen LogP contribution in [0, 0.1) is 0 Å². The standard InChI is InChI=1S/C18H30O4S.Na.H/c1-3-5-6-7-8-9-10-13-17-14-11-12-15-18(17)21-22-23(19,20)16-4-2;;/h11-12,14-15H,3-10,13,16H2,1-2H3;;. The van der Waals surface area contributed by atoms with E-state index in [0.29, 0.717) is 12.2 Å². The molecule has 0 spiro atoms. The molecule has 134 valence electrons. The van der Waals surface area contributed by atoms with Crippen molar-refractivity contribution in [3.8, 4) is 5.75 Å². The van der Waals surface area contributed by atoms with Crippen LogP contribution in [0.15, 0.2) is 24.3 Å². The van der Waals surface area contributed by atoms with Crippen molar-refractivity contribution < 1.29 is 17.6 Å². The van der Waals surface area contributed by atoms with Gasteiger partial charge in [-0.1, -0.05) is 74.9 Å². The molecule has 0 saturated heterocycles. The van der Waals surface area contributed by atoms with Gasteiger partial charge in [0.05, 0.1) is 5.75 Å². The molecule has 0 heterocycles. The van der Waals surface area contributed by atoms with Crippen LogP contribution >= 0.6 is 0 Å². The molecular formula is C18H31NaO4S. The van der Waals surface area contributed by atoms with Gasteiger partial charge in [-0.05, 0) is 30.9 Å². The second kappa shape index (κ2) is 14.1. The summed E-state index contributed by atoms with van der Waals surface area (Å²) in [6.45, 7) is 4.01. The molecule has 0 atom stereocenters. The van der Waals surface area contributed by atoms with E-state index in [0.717, 1.165) is 18.4 Å². The molecule has 24 heavy (non-hydrogen) atoms. The molecule has 0 aliphatic heterocycles. The Labute approximate surface area is 169 Å². The minimum atomic E-state index is -3.61. The van der Waals surface area contributed by atoms with Gasteiger partial charge in [0.25, 0.3) is 0 Å². The Kier molecular flexibility index (Phi) is 14.1. The molecule has 0 saturated carbocycles. The average molecular weight is 366 g/mol. The fraction of sp³-hybridized carbons (Fsp3) is 0.667. The number of benzene rings is 1. The molecule has 0 aliphatic rings. The maximum absolute atomic E-state index is 11.6. The molecule has 0 unspecified atom stereocenters. The van der Waals surface area contributed by atoms with Gasteiger partial charge in [0.1, 0.15) is 0 Å². The van der Waals surface area contributed by atoms with E-state index in [1.54, 1.807) is 13.0 Å². The molecule has 0 N–H and O–H groups in total. The first-order valence-electron chi connectivity index (χ1n) is 8.75. The quantitative estimate of drug-likeness (QED) is 0.225. The summed E-state index contributed by atoms with van der Waals surface area (Å²) in [5, 5.41) is 0. The Morgan fingerprint density at radius 3 is 2.17 bits per heavy atom. The van der Waals surface area contributed by atoms with E-state index < -0.39 is 10.1 Å². The zero-order chi connectivity index (χ0) is 17.0. The summed E-state index contributed by atoms with van der Waals surface area (Å²) >= 11 is 0. The van der Waals surface area contributed by atoms with Crippen LogP contribution in [-0.4, -0.2) is 43.7 Å². The fourth-order valence-corrected chi connectivity index (χ4v) is 3.18. The monoisotopic (exact) mass is 366 g/mol. The van der Waals surface area contributed by atoms with E-state index in [4.69, 9.17) is 4.89 Å². The minimum absolute atomic E-state index is 0. The van der Waals surface area contributed by atoms with E-state index in [2.05, 4.69) is 11.3 Å². The second-order valence-electron chi connectivity index (χ2n) is 5.89. The van der Waals surface area contributed by atoms with Crippen molar-refractivity contribution in [1.29, 1.82) is 0 Å². The Morgan fingerprint density at radius 2 is 1.50 bits per heavy atom. The first-order valence-corrected chi connectivity index (χ1v) is 10.3. The van der Waals surface area contributed by atoms with Crippen LogP contribution in [0.5, 0.6) is 5.75 Å². The predicted molar refractivity (Wildman–Crippen MR) is 101 cm³/mol. The molecule has 1 aromatic carbocycles. The molecule has 1 rings (SSSR count). The van der Waals surface area contributed by atoms with Crippen molar-refractivity contribution in [2.45, 2.75) is 71.6 Å². The van der Waals surface area contributed by atoms with Crippen LogP contribution < -0.4 is 4.89 Å². The molecule has 0 bridgehead atoms. The van der Waals surface area contributed by atoms with Gasteiger partial charge in [-0.25, -0.2) is 0 Å². The van der Waals surface area contributed by atoms with Crippen molar-refractivity contribution >= 4 is 39.7 Å². The number of para-hydroxylation sites is 1. The van der Waals surface area contributed by atoms with Gasteiger partial charge in [0.15, 0.2) is 5.75 Å². The molecule has 0 aliphatic carbocycles. The maximum atomic E-state index is 11.6. The summed E-state index contributed by atoms with van der Waals surface area (Å²) < 4.78 is 27.7. The van der Waals surface area contributed by atoms with Crippen LogP contribution in [0.1, 0.15) is 70.8 Å². The van der Waals surface area contributed by atoms with Crippen molar-refractivity contribution in [3.63, 3.8) is 0 Å². The Morgan fingerprint density at radius 1 is 0.875 bits per heavy atom. The fourth-order valence-electron chi connectivity index (χ4n) is 2.44. The van der Waals surface area contributed by atoms with E-state index in [9.17, 15) is 8.42 Å². The number of rotatable bonds is 13. The zero-order valence-corrected chi connectivity index (χ0v) is 15.2. The van der Waals surface area contributed by atoms with Gasteiger partial charge >= 0.3 is 39.7 Å². The van der Waals surface area contributed by atoms with Crippen LogP contribution in [0.3, 0.4) is 0 Å². The molecule has 4 nitrogen and oxygen atoms in total. The van der Waals surface area contributed by atoms with Gasteiger partial charge in [0.2, 0.25) is 0 Å². The Hall–Kier alpha value is -0.0700. The third kappa shape index (κ3) is 10.7. The molecule has 1 aromatic rings. The third-order valence-corrected chi connectivity index (χ3v) is 4.89. The summed E-state index contributed by atoms with van der Waals surface area (Å²) in [5.74, 6) is 0.464. The third-order valence-electron chi connectivity index (χ3n) is 3.70. The number of hydrogen-bond acceptors (Lipinski definition) is 4. The van der Waals surface area contributed by atoms with Crippen molar-refractivity contribution in [3.05, 3.63) is 29.8 Å². The van der Waals surface area contributed by atoms with E-state index in [-0.39, 0.29) is 35.3 Å². The summed E-state index contributed by atoms with van der Waals surface area (Å²) in [5.41, 5.74) is 0.993. The number of aryl methyl sites for hydroxylation is 1. The van der Waals surface area contributed by atoms with Crippen molar-refractivity contribution in [2.24, 2.45) is 0 Å². The first-order chi connectivity index (χ1) is 11.1. The molecule has 0 fully saturated rings.